The van der Waals surface area contributed by atoms with E-state index in [2.05, 4.69) is 5.32 Å². The van der Waals surface area contributed by atoms with Crippen LogP contribution in [0.5, 0.6) is 0 Å². The Kier molecular flexibility index (Phi) is 8.17. The first-order valence-corrected chi connectivity index (χ1v) is 9.10. The number of sulfonamides is 1. The van der Waals surface area contributed by atoms with Gasteiger partial charge in [-0.3, -0.25) is 4.79 Å². The van der Waals surface area contributed by atoms with Gasteiger partial charge in [0.05, 0.1) is 11.7 Å². The number of nitrogens with one attached hydrogen (secondary N) is 1. The molecular weight excluding hydrogens is 314 g/mol. The highest BCUT2D eigenvalue weighted by Crippen LogP contribution is 2.26. The zero-order valence-corrected chi connectivity index (χ0v) is 14.7. The second kappa shape index (κ2) is 8.31. The summed E-state index contributed by atoms with van der Waals surface area (Å²) in [4.78, 5) is 12.4. The number of amides is 1. The summed E-state index contributed by atoms with van der Waals surface area (Å²) in [6, 6.07) is -0.116. The molecule has 1 fully saturated rings. The van der Waals surface area contributed by atoms with Crippen LogP contribution in [-0.4, -0.2) is 50.6 Å². The third kappa shape index (κ3) is 5.09. The first-order chi connectivity index (χ1) is 9.29. The minimum Gasteiger partial charge on any atom is -0.352 e. The number of carbonyl (C=O) groups excluding carboxylic acids is 1. The number of nitrogens with zero attached hydrogens (tertiary/aromatic N) is 1. The number of nitrogens with two attached hydrogens (primary N) is 1. The quantitative estimate of drug-likeness (QED) is 0.744. The maximum Gasteiger partial charge on any atom is 0.227 e. The fourth-order valence-electron chi connectivity index (χ4n) is 2.65. The zero-order chi connectivity index (χ0) is 15.4. The van der Waals surface area contributed by atoms with E-state index in [0.29, 0.717) is 32.5 Å². The maximum atomic E-state index is 12.4. The van der Waals surface area contributed by atoms with Crippen molar-refractivity contribution in [3.63, 3.8) is 0 Å². The minimum atomic E-state index is -3.19. The van der Waals surface area contributed by atoms with E-state index < -0.39 is 15.4 Å². The average molecular weight is 342 g/mol. The zero-order valence-electron chi connectivity index (χ0n) is 13.1. The molecule has 1 aliphatic rings. The van der Waals surface area contributed by atoms with Crippen molar-refractivity contribution in [2.24, 2.45) is 11.1 Å². The summed E-state index contributed by atoms with van der Waals surface area (Å²) in [5, 5.41) is 2.99. The van der Waals surface area contributed by atoms with Crippen molar-refractivity contribution in [3.05, 3.63) is 0 Å². The Morgan fingerprint density at radius 2 is 1.95 bits per heavy atom. The van der Waals surface area contributed by atoms with Crippen LogP contribution in [0.25, 0.3) is 0 Å². The van der Waals surface area contributed by atoms with E-state index in [1.165, 1.54) is 10.6 Å². The van der Waals surface area contributed by atoms with Gasteiger partial charge in [-0.1, -0.05) is 13.8 Å². The van der Waals surface area contributed by atoms with E-state index in [1.807, 2.05) is 13.8 Å². The molecule has 126 valence electrons. The molecule has 0 aliphatic carbocycles. The predicted molar refractivity (Wildman–Crippen MR) is 86.9 cm³/mol. The highest BCUT2D eigenvalue weighted by atomic mass is 35.5. The molecular formula is C13H28ClN3O3S. The molecule has 0 saturated carbocycles. The van der Waals surface area contributed by atoms with Gasteiger partial charge in [-0.2, -0.15) is 0 Å². The van der Waals surface area contributed by atoms with E-state index in [-0.39, 0.29) is 24.4 Å². The summed E-state index contributed by atoms with van der Waals surface area (Å²) >= 11 is 0. The molecule has 0 bridgehead atoms. The largest absolute Gasteiger partial charge is 0.352 e. The van der Waals surface area contributed by atoms with Gasteiger partial charge in [0.25, 0.3) is 0 Å². The third-order valence-corrected chi connectivity index (χ3v) is 5.68. The van der Waals surface area contributed by atoms with Crippen LogP contribution in [0.4, 0.5) is 0 Å². The normalized spacial score (nSPS) is 20.7. The Labute approximate surface area is 134 Å². The predicted octanol–water partition coefficient (Wildman–Crippen LogP) is 0.714. The van der Waals surface area contributed by atoms with Crippen molar-refractivity contribution in [2.45, 2.75) is 45.6 Å². The number of rotatable bonds is 6. The van der Waals surface area contributed by atoms with E-state index in [9.17, 15) is 13.2 Å². The molecule has 1 rings (SSSR count). The molecule has 0 spiro atoms. The molecule has 0 aromatic carbocycles. The number of piperidine rings is 1. The molecule has 1 heterocycles. The van der Waals surface area contributed by atoms with E-state index in [1.54, 1.807) is 0 Å². The topological polar surface area (TPSA) is 92.5 Å². The Balaban J connectivity index is 0.00000400. The molecule has 3 N–H and O–H groups in total. The third-order valence-electron chi connectivity index (χ3n) is 4.41. The highest BCUT2D eigenvalue weighted by molar-refractivity contribution is 7.88. The lowest BCUT2D eigenvalue weighted by atomic mass is 9.81. The number of halogens is 1. The summed E-state index contributed by atoms with van der Waals surface area (Å²) in [6.45, 7) is 5.13. The maximum absolute atomic E-state index is 12.4. The van der Waals surface area contributed by atoms with E-state index >= 15 is 0 Å². The number of hydrogen-bond acceptors (Lipinski definition) is 4. The Hall–Kier alpha value is -0.370. The summed E-state index contributed by atoms with van der Waals surface area (Å²) in [7, 11) is -3.19. The molecule has 1 amide bonds. The summed E-state index contributed by atoms with van der Waals surface area (Å²) in [5.41, 5.74) is 5.23. The summed E-state index contributed by atoms with van der Waals surface area (Å²) in [5.74, 6) is -0.0506. The molecule has 8 heteroatoms. The smallest absolute Gasteiger partial charge is 0.227 e. The van der Waals surface area contributed by atoms with Crippen molar-refractivity contribution in [3.8, 4) is 0 Å². The van der Waals surface area contributed by atoms with Crippen LogP contribution < -0.4 is 11.1 Å². The van der Waals surface area contributed by atoms with Crippen LogP contribution in [0, 0.1) is 5.41 Å². The summed E-state index contributed by atoms with van der Waals surface area (Å²) < 4.78 is 24.6. The van der Waals surface area contributed by atoms with Crippen molar-refractivity contribution in [1.82, 2.24) is 9.62 Å². The summed E-state index contributed by atoms with van der Waals surface area (Å²) in [6.07, 6.45) is 4.17. The Bertz CT molecular complexity index is 430. The van der Waals surface area contributed by atoms with Crippen molar-refractivity contribution in [2.75, 3.05) is 25.9 Å². The molecule has 1 atom stereocenters. The van der Waals surface area contributed by atoms with Gasteiger partial charge < -0.3 is 11.1 Å². The highest BCUT2D eigenvalue weighted by Gasteiger charge is 2.36. The van der Waals surface area contributed by atoms with Crippen LogP contribution in [0.3, 0.4) is 0 Å². The second-order valence-corrected chi connectivity index (χ2v) is 7.61. The molecule has 1 saturated heterocycles. The van der Waals surface area contributed by atoms with Crippen LogP contribution >= 0.6 is 12.4 Å². The lowest BCUT2D eigenvalue weighted by molar-refractivity contribution is -0.132. The van der Waals surface area contributed by atoms with Gasteiger partial charge in [0, 0.05) is 25.7 Å². The molecule has 0 radical (unpaired) electrons. The lowest BCUT2D eigenvalue weighted by Gasteiger charge is -2.35. The van der Waals surface area contributed by atoms with Crippen molar-refractivity contribution < 1.29 is 13.2 Å². The first kappa shape index (κ1) is 20.6. The van der Waals surface area contributed by atoms with Crippen LogP contribution in [0.1, 0.15) is 39.5 Å². The fourth-order valence-corrected chi connectivity index (χ4v) is 3.56. The molecule has 6 nitrogen and oxygen atoms in total. The van der Waals surface area contributed by atoms with E-state index in [4.69, 9.17) is 5.73 Å². The monoisotopic (exact) mass is 341 g/mol. The van der Waals surface area contributed by atoms with Gasteiger partial charge in [0.15, 0.2) is 0 Å². The van der Waals surface area contributed by atoms with E-state index in [0.717, 1.165) is 12.8 Å². The van der Waals surface area contributed by atoms with Crippen LogP contribution in [0.2, 0.25) is 0 Å². The van der Waals surface area contributed by atoms with Gasteiger partial charge in [0.2, 0.25) is 15.9 Å². The first-order valence-electron chi connectivity index (χ1n) is 7.25. The van der Waals surface area contributed by atoms with Gasteiger partial charge >= 0.3 is 0 Å². The standard InChI is InChI=1S/C13H27N3O3S.ClH/c1-4-13(5-2,10-14)12(17)15-11-7-6-8-16(9-11)20(3,18)19;/h11H,4-10,14H2,1-3H3,(H,15,17);1H. The SMILES string of the molecule is CCC(CC)(CN)C(=O)NC1CCCN(S(C)(=O)=O)C1.Cl. The Morgan fingerprint density at radius 3 is 2.38 bits per heavy atom. The lowest BCUT2D eigenvalue weighted by Crippen LogP contribution is -2.54. The average Bonchev–Trinajstić information content (AvgIpc) is 2.41. The van der Waals surface area contributed by atoms with Crippen molar-refractivity contribution >= 4 is 28.3 Å². The van der Waals surface area contributed by atoms with Gasteiger partial charge in [-0.25, -0.2) is 12.7 Å². The number of hydrogen-bond donors (Lipinski definition) is 2. The molecule has 0 aromatic rings. The van der Waals surface area contributed by atoms with Gasteiger partial charge in [-0.05, 0) is 25.7 Å². The molecule has 1 aliphatic heterocycles. The van der Waals surface area contributed by atoms with Crippen LogP contribution in [0.15, 0.2) is 0 Å². The molecule has 1 unspecified atom stereocenters. The minimum absolute atomic E-state index is 0. The fraction of sp³-hybridized carbons (Fsp3) is 0.923. The van der Waals surface area contributed by atoms with Crippen molar-refractivity contribution in [1.29, 1.82) is 0 Å². The van der Waals surface area contributed by atoms with Gasteiger partial charge in [-0.15, -0.1) is 12.4 Å². The van der Waals surface area contributed by atoms with Gasteiger partial charge in [0.1, 0.15) is 0 Å². The molecule has 0 aromatic heterocycles. The number of carbonyl (C=O) groups is 1. The molecule has 21 heavy (non-hydrogen) atoms. The Morgan fingerprint density at radius 1 is 1.38 bits per heavy atom. The second-order valence-electron chi connectivity index (χ2n) is 5.63. The van der Waals surface area contributed by atoms with Crippen LogP contribution in [-0.2, 0) is 14.8 Å².